The number of aryl methyl sites for hydroxylation is 1. The van der Waals surface area contributed by atoms with Crippen molar-refractivity contribution in [2.75, 3.05) is 5.32 Å². The molecule has 0 aliphatic carbocycles. The zero-order valence-electron chi connectivity index (χ0n) is 12.6. The van der Waals surface area contributed by atoms with Crippen LogP contribution in [-0.4, -0.2) is 11.9 Å². The second-order valence-electron chi connectivity index (χ2n) is 5.96. The quantitative estimate of drug-likeness (QED) is 0.823. The molecule has 4 rings (SSSR count). The van der Waals surface area contributed by atoms with Gasteiger partial charge in [0.2, 0.25) is 5.60 Å². The van der Waals surface area contributed by atoms with Crippen molar-refractivity contribution >= 4 is 23.1 Å². The second kappa shape index (κ2) is 4.81. The molecule has 1 spiro atoms. The number of esters is 1. The van der Waals surface area contributed by atoms with Crippen LogP contribution < -0.4 is 5.32 Å². The fraction of sp³-hybridized carbons (Fsp3) is 0.158. The number of amides is 1. The number of carbonyl (C=O) groups is 2. The van der Waals surface area contributed by atoms with Crippen molar-refractivity contribution in [1.29, 1.82) is 0 Å². The Morgan fingerprint density at radius 1 is 1.09 bits per heavy atom. The number of ether oxygens (including phenoxy) is 1. The first-order valence-corrected chi connectivity index (χ1v) is 7.50. The molecule has 2 aliphatic heterocycles. The summed E-state index contributed by atoms with van der Waals surface area (Å²) in [5, 5.41) is 2.83. The van der Waals surface area contributed by atoms with E-state index in [1.807, 2.05) is 55.5 Å². The summed E-state index contributed by atoms with van der Waals surface area (Å²) in [4.78, 5) is 24.8. The van der Waals surface area contributed by atoms with Gasteiger partial charge in [0.05, 0.1) is 0 Å². The lowest BCUT2D eigenvalue weighted by molar-refractivity contribution is -0.163. The minimum absolute atomic E-state index is 0.284. The minimum Gasteiger partial charge on any atom is -0.440 e. The van der Waals surface area contributed by atoms with Crippen LogP contribution in [-0.2, 0) is 19.9 Å². The van der Waals surface area contributed by atoms with Crippen molar-refractivity contribution in [3.05, 3.63) is 71.3 Å². The van der Waals surface area contributed by atoms with Gasteiger partial charge >= 0.3 is 5.97 Å². The first-order chi connectivity index (χ1) is 11.1. The summed E-state index contributed by atoms with van der Waals surface area (Å²) < 4.78 is 5.55. The molecule has 4 nitrogen and oxygen atoms in total. The van der Waals surface area contributed by atoms with E-state index in [9.17, 15) is 9.59 Å². The molecule has 2 aromatic rings. The first-order valence-electron chi connectivity index (χ1n) is 7.50. The smallest absolute Gasteiger partial charge is 0.332 e. The van der Waals surface area contributed by atoms with Crippen molar-refractivity contribution < 1.29 is 14.3 Å². The van der Waals surface area contributed by atoms with Crippen LogP contribution in [0, 0.1) is 6.92 Å². The minimum atomic E-state index is -1.27. The molecular formula is C19H15NO3. The van der Waals surface area contributed by atoms with Crippen LogP contribution in [0.5, 0.6) is 0 Å². The van der Waals surface area contributed by atoms with E-state index >= 15 is 0 Å². The van der Waals surface area contributed by atoms with Gasteiger partial charge in [-0.25, -0.2) is 4.79 Å². The third kappa shape index (κ3) is 2.06. The zero-order valence-corrected chi connectivity index (χ0v) is 12.6. The van der Waals surface area contributed by atoms with Crippen molar-refractivity contribution in [3.8, 4) is 0 Å². The standard InChI is InChI=1S/C19H15NO3/c1-12-7-8-16-15(9-12)19(18(22)20-16)11-14(10-17(21)23-19)13-5-3-2-4-6-13/h2-10H,11H2,1H3,(H,20,22)/t19-/m0/s1. The third-order valence-electron chi connectivity index (χ3n) is 4.38. The van der Waals surface area contributed by atoms with Crippen LogP contribution in [0.15, 0.2) is 54.6 Å². The molecule has 0 aromatic heterocycles. The summed E-state index contributed by atoms with van der Waals surface area (Å²) in [5.74, 6) is -0.771. The summed E-state index contributed by atoms with van der Waals surface area (Å²) in [7, 11) is 0. The summed E-state index contributed by atoms with van der Waals surface area (Å²) in [6.45, 7) is 1.95. The zero-order chi connectivity index (χ0) is 16.0. The van der Waals surface area contributed by atoms with Gasteiger partial charge in [0, 0.05) is 23.7 Å². The molecule has 2 aromatic carbocycles. The summed E-state index contributed by atoms with van der Waals surface area (Å²) in [6.07, 6.45) is 1.81. The van der Waals surface area contributed by atoms with Crippen LogP contribution in [0.4, 0.5) is 5.69 Å². The largest absolute Gasteiger partial charge is 0.440 e. The molecular weight excluding hydrogens is 290 g/mol. The molecule has 2 aliphatic rings. The Kier molecular flexibility index (Phi) is 2.88. The van der Waals surface area contributed by atoms with Crippen molar-refractivity contribution in [3.63, 3.8) is 0 Å². The van der Waals surface area contributed by atoms with Crippen LogP contribution >= 0.6 is 0 Å². The highest BCUT2D eigenvalue weighted by atomic mass is 16.6. The SMILES string of the molecule is Cc1ccc2c(c1)[C@@]1(CC(c3ccccc3)=CC(=O)O1)C(=O)N2. The molecule has 0 saturated carbocycles. The Morgan fingerprint density at radius 2 is 1.87 bits per heavy atom. The maximum absolute atomic E-state index is 12.6. The normalized spacial score (nSPS) is 22.4. The lowest BCUT2D eigenvalue weighted by Gasteiger charge is -2.31. The highest BCUT2D eigenvalue weighted by Gasteiger charge is 2.52. The number of rotatable bonds is 1. The van der Waals surface area contributed by atoms with Crippen LogP contribution in [0.25, 0.3) is 5.57 Å². The van der Waals surface area contributed by atoms with E-state index in [1.54, 1.807) is 0 Å². The highest BCUT2D eigenvalue weighted by Crippen LogP contribution is 2.47. The van der Waals surface area contributed by atoms with Gasteiger partial charge in [-0.15, -0.1) is 0 Å². The molecule has 0 radical (unpaired) electrons. The molecule has 0 saturated heterocycles. The topological polar surface area (TPSA) is 55.4 Å². The lowest BCUT2D eigenvalue weighted by atomic mass is 9.83. The van der Waals surface area contributed by atoms with Gasteiger partial charge in [-0.05, 0) is 30.2 Å². The van der Waals surface area contributed by atoms with Gasteiger partial charge < -0.3 is 10.1 Å². The van der Waals surface area contributed by atoms with Gasteiger partial charge in [-0.2, -0.15) is 0 Å². The van der Waals surface area contributed by atoms with Crippen molar-refractivity contribution in [2.24, 2.45) is 0 Å². The average Bonchev–Trinajstić information content (AvgIpc) is 2.80. The molecule has 0 bridgehead atoms. The number of nitrogens with one attached hydrogen (secondary N) is 1. The van der Waals surface area contributed by atoms with Gasteiger partial charge in [0.15, 0.2) is 0 Å². The third-order valence-corrected chi connectivity index (χ3v) is 4.38. The number of hydrogen-bond donors (Lipinski definition) is 1. The Labute approximate surface area is 133 Å². The fourth-order valence-electron chi connectivity index (χ4n) is 3.26. The van der Waals surface area contributed by atoms with Crippen LogP contribution in [0.2, 0.25) is 0 Å². The first kappa shape index (κ1) is 13.8. The maximum Gasteiger partial charge on any atom is 0.332 e. The van der Waals surface area contributed by atoms with E-state index in [2.05, 4.69) is 5.32 Å². The number of fused-ring (bicyclic) bond motifs is 2. The highest BCUT2D eigenvalue weighted by molar-refractivity contribution is 6.09. The van der Waals surface area contributed by atoms with Crippen LogP contribution in [0.3, 0.4) is 0 Å². The van der Waals surface area contributed by atoms with Gasteiger partial charge in [-0.3, -0.25) is 4.79 Å². The van der Waals surface area contributed by atoms with E-state index < -0.39 is 11.6 Å². The lowest BCUT2D eigenvalue weighted by Crippen LogP contribution is -2.41. The van der Waals surface area contributed by atoms with Crippen molar-refractivity contribution in [2.45, 2.75) is 18.9 Å². The molecule has 1 atom stereocenters. The molecule has 0 unspecified atom stereocenters. The predicted octanol–water partition coefficient (Wildman–Crippen LogP) is 3.17. The number of carbonyl (C=O) groups excluding carboxylic acids is 2. The number of anilines is 1. The Balaban J connectivity index is 1.85. The molecule has 23 heavy (non-hydrogen) atoms. The van der Waals surface area contributed by atoms with Crippen molar-refractivity contribution in [1.82, 2.24) is 0 Å². The number of hydrogen-bond acceptors (Lipinski definition) is 3. The molecule has 0 fully saturated rings. The van der Waals surface area contributed by atoms with Gasteiger partial charge in [-0.1, -0.05) is 42.0 Å². The van der Waals surface area contributed by atoms with E-state index in [0.29, 0.717) is 12.1 Å². The number of benzene rings is 2. The summed E-state index contributed by atoms with van der Waals surface area (Å²) in [5.41, 5.74) is 2.94. The maximum atomic E-state index is 12.6. The van der Waals surface area contributed by atoms with E-state index in [1.165, 1.54) is 6.08 Å². The molecule has 1 amide bonds. The monoisotopic (exact) mass is 305 g/mol. The average molecular weight is 305 g/mol. The molecule has 1 N–H and O–H groups in total. The van der Waals surface area contributed by atoms with E-state index in [4.69, 9.17) is 4.74 Å². The summed E-state index contributed by atoms with van der Waals surface area (Å²) >= 11 is 0. The van der Waals surface area contributed by atoms with E-state index in [-0.39, 0.29) is 5.91 Å². The molecule has 2 heterocycles. The Bertz CT molecular complexity index is 854. The van der Waals surface area contributed by atoms with Crippen LogP contribution in [0.1, 0.15) is 23.1 Å². The summed E-state index contributed by atoms with van der Waals surface area (Å²) in [6, 6.07) is 15.3. The second-order valence-corrected chi connectivity index (χ2v) is 5.96. The van der Waals surface area contributed by atoms with E-state index in [0.717, 1.165) is 22.3 Å². The Morgan fingerprint density at radius 3 is 2.65 bits per heavy atom. The predicted molar refractivity (Wildman–Crippen MR) is 86.6 cm³/mol. The Hall–Kier alpha value is -2.88. The van der Waals surface area contributed by atoms with Gasteiger partial charge in [0.1, 0.15) is 0 Å². The fourth-order valence-corrected chi connectivity index (χ4v) is 3.26. The molecule has 4 heteroatoms. The van der Waals surface area contributed by atoms with Gasteiger partial charge in [0.25, 0.3) is 5.91 Å². The molecule has 114 valence electrons.